The van der Waals surface area contributed by atoms with Crippen molar-refractivity contribution in [1.29, 1.82) is 0 Å². The molecule has 1 saturated carbocycles. The van der Waals surface area contributed by atoms with Crippen LogP contribution in [0.25, 0.3) is 11.1 Å². The van der Waals surface area contributed by atoms with Crippen LogP contribution in [0.2, 0.25) is 0 Å². The lowest BCUT2D eigenvalue weighted by atomic mass is 9.79. The molecule has 3 aromatic rings. The second-order valence-corrected chi connectivity index (χ2v) is 10.1. The van der Waals surface area contributed by atoms with Gasteiger partial charge >= 0.3 is 0 Å². The number of sulfonamides is 1. The Hall–Kier alpha value is -2.78. The summed E-state index contributed by atoms with van der Waals surface area (Å²) in [5.74, 6) is 0.471. The molecule has 2 aromatic heterocycles. The number of oxazole rings is 1. The molecule has 1 N–H and O–H groups in total. The minimum Gasteiger partial charge on any atom is -0.471 e. The van der Waals surface area contributed by atoms with Gasteiger partial charge in [-0.05, 0) is 43.4 Å². The molecular formula is C22H22FN3O4S. The van der Waals surface area contributed by atoms with Crippen molar-refractivity contribution in [3.05, 3.63) is 65.8 Å². The fourth-order valence-corrected chi connectivity index (χ4v) is 5.53. The van der Waals surface area contributed by atoms with Gasteiger partial charge in [-0.25, -0.2) is 27.5 Å². The first-order valence-corrected chi connectivity index (χ1v) is 12.0. The molecule has 0 radical (unpaired) electrons. The quantitative estimate of drug-likeness (QED) is 0.653. The summed E-state index contributed by atoms with van der Waals surface area (Å²) in [6.07, 6.45) is 6.37. The van der Waals surface area contributed by atoms with E-state index in [1.54, 1.807) is 36.7 Å². The van der Waals surface area contributed by atoms with E-state index in [0.29, 0.717) is 59.8 Å². The van der Waals surface area contributed by atoms with E-state index in [0.717, 1.165) is 6.26 Å². The highest BCUT2D eigenvalue weighted by Crippen LogP contribution is 2.45. The Labute approximate surface area is 179 Å². The summed E-state index contributed by atoms with van der Waals surface area (Å²) in [5.41, 5.74) is 1.51. The molecule has 9 heteroatoms. The average molecular weight is 444 g/mol. The van der Waals surface area contributed by atoms with Crippen molar-refractivity contribution in [2.24, 2.45) is 0 Å². The SMILES string of the molecule is CS(=O)(=O)N[C@H]1CC[C@@]2(Cc3cccc(c3F)-c3cccnc3OCc3coc2n3)C1. The second-order valence-electron chi connectivity index (χ2n) is 8.35. The van der Waals surface area contributed by atoms with Crippen molar-refractivity contribution in [3.63, 3.8) is 0 Å². The third-order valence-corrected chi connectivity index (χ3v) is 6.78. The number of aromatic nitrogens is 2. The van der Waals surface area contributed by atoms with Crippen LogP contribution < -0.4 is 9.46 Å². The average Bonchev–Trinajstić information content (AvgIpc) is 3.35. The lowest BCUT2D eigenvalue weighted by molar-refractivity contribution is 0.290. The highest BCUT2D eigenvalue weighted by Gasteiger charge is 2.45. The molecule has 7 nitrogen and oxygen atoms in total. The van der Waals surface area contributed by atoms with Gasteiger partial charge in [0.25, 0.3) is 0 Å². The zero-order valence-corrected chi connectivity index (χ0v) is 17.8. The molecule has 0 amide bonds. The number of fused-ring (bicyclic) bond motifs is 7. The highest BCUT2D eigenvalue weighted by molar-refractivity contribution is 7.88. The van der Waals surface area contributed by atoms with Crippen LogP contribution in [0, 0.1) is 5.82 Å². The lowest BCUT2D eigenvalue weighted by Gasteiger charge is -2.27. The van der Waals surface area contributed by atoms with Crippen molar-refractivity contribution < 1.29 is 22.0 Å². The van der Waals surface area contributed by atoms with Crippen LogP contribution in [0.4, 0.5) is 4.39 Å². The Morgan fingerprint density at radius 2 is 2.06 bits per heavy atom. The molecule has 1 fully saturated rings. The van der Waals surface area contributed by atoms with Gasteiger partial charge in [0.05, 0.1) is 11.7 Å². The summed E-state index contributed by atoms with van der Waals surface area (Å²) in [6.45, 7) is 0.135. The first kappa shape index (κ1) is 20.1. The fourth-order valence-electron chi connectivity index (χ4n) is 4.72. The Morgan fingerprint density at radius 3 is 2.90 bits per heavy atom. The molecule has 5 rings (SSSR count). The van der Waals surface area contributed by atoms with Gasteiger partial charge in [0.15, 0.2) is 0 Å². The fraction of sp³-hybridized carbons (Fsp3) is 0.364. The third kappa shape index (κ3) is 3.83. The minimum absolute atomic E-state index is 0.135. The Bertz CT molecular complexity index is 1240. The number of halogens is 1. The van der Waals surface area contributed by atoms with Gasteiger partial charge in [-0.2, -0.15) is 0 Å². The monoisotopic (exact) mass is 443 g/mol. The lowest BCUT2D eigenvalue weighted by Crippen LogP contribution is -2.35. The van der Waals surface area contributed by atoms with E-state index in [4.69, 9.17) is 9.15 Å². The van der Waals surface area contributed by atoms with Gasteiger partial charge < -0.3 is 9.15 Å². The van der Waals surface area contributed by atoms with Crippen molar-refractivity contribution in [2.75, 3.05) is 6.26 Å². The Morgan fingerprint density at radius 1 is 1.23 bits per heavy atom. The predicted molar refractivity (Wildman–Crippen MR) is 111 cm³/mol. The standard InChI is InChI=1S/C22H22FN3O4S/c1-31(27,28)26-15-7-8-22(11-15)10-14-4-2-5-17(19(14)23)18-6-3-9-24-20(18)29-12-16-13-30-21(22)25-16/h2-6,9,13,15,26H,7-8,10-12H2,1H3/t15-,22+/m0/s1. The van der Waals surface area contributed by atoms with E-state index in [9.17, 15) is 8.42 Å². The summed E-state index contributed by atoms with van der Waals surface area (Å²) in [4.78, 5) is 8.90. The van der Waals surface area contributed by atoms with E-state index in [2.05, 4.69) is 14.7 Å². The largest absolute Gasteiger partial charge is 0.471 e. The van der Waals surface area contributed by atoms with Gasteiger partial charge in [0, 0.05) is 23.4 Å². The van der Waals surface area contributed by atoms with Crippen molar-refractivity contribution in [1.82, 2.24) is 14.7 Å². The maximum absolute atomic E-state index is 15.7. The number of ether oxygens (including phenoxy) is 1. The molecule has 2 atom stereocenters. The maximum Gasteiger partial charge on any atom is 0.221 e. The van der Waals surface area contributed by atoms with E-state index in [1.807, 2.05) is 6.07 Å². The number of nitrogens with zero attached hydrogens (tertiary/aromatic N) is 2. The van der Waals surface area contributed by atoms with Crippen molar-refractivity contribution in [3.8, 4) is 17.0 Å². The van der Waals surface area contributed by atoms with Gasteiger partial charge in [0.2, 0.25) is 21.8 Å². The first-order chi connectivity index (χ1) is 14.8. The van der Waals surface area contributed by atoms with Crippen LogP contribution in [0.1, 0.15) is 36.4 Å². The highest BCUT2D eigenvalue weighted by atomic mass is 32.2. The zero-order chi connectivity index (χ0) is 21.6. The van der Waals surface area contributed by atoms with Crippen LogP contribution in [0.3, 0.4) is 0 Å². The van der Waals surface area contributed by atoms with Gasteiger partial charge in [-0.3, -0.25) is 0 Å². The molecule has 0 saturated heterocycles. The maximum atomic E-state index is 15.7. The molecule has 162 valence electrons. The molecule has 31 heavy (non-hydrogen) atoms. The number of rotatable bonds is 2. The summed E-state index contributed by atoms with van der Waals surface area (Å²) in [6, 6.07) is 8.55. The molecule has 1 spiro atoms. The van der Waals surface area contributed by atoms with Gasteiger partial charge in [-0.1, -0.05) is 18.2 Å². The topological polar surface area (TPSA) is 94.3 Å². The second kappa shape index (κ2) is 7.42. The van der Waals surface area contributed by atoms with Crippen molar-refractivity contribution >= 4 is 10.0 Å². The molecule has 0 unspecified atom stereocenters. The summed E-state index contributed by atoms with van der Waals surface area (Å²) in [7, 11) is -3.36. The molecule has 2 aliphatic rings. The molecule has 1 aliphatic heterocycles. The van der Waals surface area contributed by atoms with E-state index in [1.165, 1.54) is 0 Å². The summed E-state index contributed by atoms with van der Waals surface area (Å²) >= 11 is 0. The minimum atomic E-state index is -3.36. The summed E-state index contributed by atoms with van der Waals surface area (Å²) in [5, 5.41) is 0. The molecule has 4 bridgehead atoms. The van der Waals surface area contributed by atoms with Crippen LogP contribution in [-0.4, -0.2) is 30.7 Å². The van der Waals surface area contributed by atoms with Crippen molar-refractivity contribution in [2.45, 2.75) is 43.7 Å². The van der Waals surface area contributed by atoms with Crippen LogP contribution in [0.5, 0.6) is 5.88 Å². The first-order valence-electron chi connectivity index (χ1n) is 10.1. The number of hydrogen-bond donors (Lipinski definition) is 1. The van der Waals surface area contributed by atoms with E-state index < -0.39 is 15.4 Å². The smallest absolute Gasteiger partial charge is 0.221 e. The normalized spacial score (nSPS) is 23.0. The molecular weight excluding hydrogens is 421 g/mol. The zero-order valence-electron chi connectivity index (χ0n) is 17.0. The predicted octanol–water partition coefficient (Wildman–Crippen LogP) is 3.35. The summed E-state index contributed by atoms with van der Waals surface area (Å²) < 4.78 is 53.6. The number of pyridine rings is 1. The number of hydrogen-bond acceptors (Lipinski definition) is 6. The van der Waals surface area contributed by atoms with Crippen LogP contribution in [-0.2, 0) is 28.5 Å². The molecule has 1 aromatic carbocycles. The van der Waals surface area contributed by atoms with Crippen LogP contribution in [0.15, 0.2) is 47.2 Å². The Balaban J connectivity index is 1.62. The van der Waals surface area contributed by atoms with Gasteiger partial charge in [0.1, 0.15) is 24.4 Å². The third-order valence-electron chi connectivity index (χ3n) is 6.02. The molecule has 1 aliphatic carbocycles. The molecule has 3 heterocycles. The van der Waals surface area contributed by atoms with E-state index >= 15 is 4.39 Å². The van der Waals surface area contributed by atoms with E-state index in [-0.39, 0.29) is 18.5 Å². The Kier molecular flexibility index (Phi) is 4.82. The van der Waals surface area contributed by atoms with Crippen LogP contribution >= 0.6 is 0 Å². The van der Waals surface area contributed by atoms with Gasteiger partial charge in [-0.15, -0.1) is 0 Å². The number of benzene rings is 1. The number of nitrogens with one attached hydrogen (secondary N) is 1.